The lowest BCUT2D eigenvalue weighted by atomic mass is 9.82. The van der Waals surface area contributed by atoms with Gasteiger partial charge in [-0.1, -0.05) is 34.6 Å². The van der Waals surface area contributed by atoms with Gasteiger partial charge in [-0.15, -0.1) is 11.3 Å². The first-order valence-corrected chi connectivity index (χ1v) is 7.53. The van der Waals surface area contributed by atoms with Crippen LogP contribution in [0.25, 0.3) is 0 Å². The highest BCUT2D eigenvalue weighted by molar-refractivity contribution is 7.09. The highest BCUT2D eigenvalue weighted by Crippen LogP contribution is 2.36. The average Bonchev–Trinajstić information content (AvgIpc) is 2.68. The summed E-state index contributed by atoms with van der Waals surface area (Å²) in [5.74, 6) is 1.35. The molecule has 0 aliphatic carbocycles. The van der Waals surface area contributed by atoms with Crippen molar-refractivity contribution < 1.29 is 0 Å². The minimum atomic E-state index is 0.0747. The van der Waals surface area contributed by atoms with Gasteiger partial charge < -0.3 is 5.32 Å². The number of rotatable bonds is 7. The van der Waals surface area contributed by atoms with Crippen molar-refractivity contribution in [1.29, 1.82) is 0 Å². The predicted octanol–water partition coefficient (Wildman–Crippen LogP) is 4.04. The molecule has 0 saturated carbocycles. The summed E-state index contributed by atoms with van der Waals surface area (Å²) in [4.78, 5) is 4.57. The van der Waals surface area contributed by atoms with Gasteiger partial charge in [0.1, 0.15) is 5.01 Å². The Hall–Kier alpha value is -0.410. The topological polar surface area (TPSA) is 24.9 Å². The predicted molar refractivity (Wildman–Crippen MR) is 76.4 cm³/mol. The second-order valence-corrected chi connectivity index (χ2v) is 6.54. The fourth-order valence-electron chi connectivity index (χ4n) is 2.67. The van der Waals surface area contributed by atoms with Crippen LogP contribution in [0.2, 0.25) is 0 Å². The summed E-state index contributed by atoms with van der Waals surface area (Å²) in [6, 6.07) is 0. The van der Waals surface area contributed by atoms with Gasteiger partial charge in [-0.25, -0.2) is 4.98 Å². The van der Waals surface area contributed by atoms with E-state index in [1.165, 1.54) is 5.01 Å². The molecule has 1 rings (SSSR count). The zero-order valence-electron chi connectivity index (χ0n) is 11.8. The van der Waals surface area contributed by atoms with Crippen LogP contribution in [-0.2, 0) is 5.54 Å². The zero-order chi connectivity index (χ0) is 12.9. The maximum atomic E-state index is 4.57. The lowest BCUT2D eigenvalue weighted by molar-refractivity contribution is 0.227. The van der Waals surface area contributed by atoms with Crippen LogP contribution in [0.5, 0.6) is 0 Å². The Balaban J connectivity index is 3.01. The van der Waals surface area contributed by atoms with E-state index < -0.39 is 0 Å². The number of hydrogen-bond acceptors (Lipinski definition) is 3. The standard InChI is InChI=1S/C14H26N2S/c1-6-16-14(9-11(2)3,10-12(4)5)13-15-7-8-17-13/h7-8,11-12,16H,6,9-10H2,1-5H3. The minimum absolute atomic E-state index is 0.0747. The molecule has 1 N–H and O–H groups in total. The second-order valence-electron chi connectivity index (χ2n) is 5.65. The van der Waals surface area contributed by atoms with Gasteiger partial charge >= 0.3 is 0 Å². The third-order valence-electron chi connectivity index (χ3n) is 2.87. The summed E-state index contributed by atoms with van der Waals surface area (Å²) in [5, 5.41) is 7.05. The molecular formula is C14H26N2S. The normalized spacial score (nSPS) is 12.6. The maximum absolute atomic E-state index is 4.57. The molecule has 1 aromatic rings. The molecule has 0 amide bonds. The molecule has 1 aromatic heterocycles. The molecular weight excluding hydrogens is 228 g/mol. The van der Waals surface area contributed by atoms with Crippen molar-refractivity contribution in [3.8, 4) is 0 Å². The van der Waals surface area contributed by atoms with Crippen LogP contribution in [-0.4, -0.2) is 11.5 Å². The van der Waals surface area contributed by atoms with E-state index in [1.807, 2.05) is 6.20 Å². The van der Waals surface area contributed by atoms with Crippen LogP contribution in [0.1, 0.15) is 52.5 Å². The third kappa shape index (κ3) is 4.07. The number of nitrogens with one attached hydrogen (secondary N) is 1. The quantitative estimate of drug-likeness (QED) is 0.794. The van der Waals surface area contributed by atoms with Crippen LogP contribution in [0.3, 0.4) is 0 Å². The number of hydrogen-bond donors (Lipinski definition) is 1. The van der Waals surface area contributed by atoms with E-state index in [4.69, 9.17) is 0 Å². The Labute approximate surface area is 110 Å². The molecule has 0 saturated heterocycles. The van der Waals surface area contributed by atoms with Gasteiger partial charge in [0.25, 0.3) is 0 Å². The largest absolute Gasteiger partial charge is 0.306 e. The summed E-state index contributed by atoms with van der Waals surface area (Å²) in [6.07, 6.45) is 4.24. The van der Waals surface area contributed by atoms with E-state index in [1.54, 1.807) is 11.3 Å². The monoisotopic (exact) mass is 254 g/mol. The van der Waals surface area contributed by atoms with Crippen molar-refractivity contribution in [3.05, 3.63) is 16.6 Å². The first kappa shape index (κ1) is 14.7. The Morgan fingerprint density at radius 1 is 1.24 bits per heavy atom. The summed E-state index contributed by atoms with van der Waals surface area (Å²) >= 11 is 1.78. The van der Waals surface area contributed by atoms with Crippen molar-refractivity contribution in [1.82, 2.24) is 10.3 Å². The van der Waals surface area contributed by atoms with Crippen molar-refractivity contribution in [2.24, 2.45) is 11.8 Å². The summed E-state index contributed by atoms with van der Waals surface area (Å²) < 4.78 is 0. The van der Waals surface area contributed by atoms with Gasteiger partial charge in [0.15, 0.2) is 0 Å². The maximum Gasteiger partial charge on any atom is 0.113 e. The van der Waals surface area contributed by atoms with E-state index in [9.17, 15) is 0 Å². The van der Waals surface area contributed by atoms with E-state index >= 15 is 0 Å². The van der Waals surface area contributed by atoms with Gasteiger partial charge in [-0.3, -0.25) is 0 Å². The molecule has 0 bridgehead atoms. The molecule has 0 spiro atoms. The lowest BCUT2D eigenvalue weighted by Crippen LogP contribution is -2.44. The van der Waals surface area contributed by atoms with Crippen molar-refractivity contribution in [2.75, 3.05) is 6.54 Å². The van der Waals surface area contributed by atoms with E-state index in [0.29, 0.717) is 11.8 Å². The van der Waals surface area contributed by atoms with Crippen LogP contribution in [0.15, 0.2) is 11.6 Å². The Morgan fingerprint density at radius 3 is 2.18 bits per heavy atom. The first-order valence-electron chi connectivity index (χ1n) is 6.65. The molecule has 0 atom stereocenters. The molecule has 0 radical (unpaired) electrons. The summed E-state index contributed by atoms with van der Waals surface area (Å²) in [6.45, 7) is 12.3. The number of nitrogens with zero attached hydrogens (tertiary/aromatic N) is 1. The Morgan fingerprint density at radius 2 is 1.82 bits per heavy atom. The molecule has 0 fully saturated rings. The van der Waals surface area contributed by atoms with Crippen molar-refractivity contribution in [2.45, 2.75) is 53.0 Å². The molecule has 1 heterocycles. The van der Waals surface area contributed by atoms with Gasteiger partial charge in [-0.2, -0.15) is 0 Å². The number of aromatic nitrogens is 1. The minimum Gasteiger partial charge on any atom is -0.306 e. The Kier molecular flexibility index (Phi) is 5.60. The molecule has 0 unspecified atom stereocenters. The summed E-state index contributed by atoms with van der Waals surface area (Å²) in [5.41, 5.74) is 0.0747. The van der Waals surface area contributed by atoms with Crippen molar-refractivity contribution in [3.63, 3.8) is 0 Å². The third-order valence-corrected chi connectivity index (χ3v) is 3.85. The fourth-order valence-corrected chi connectivity index (χ4v) is 3.51. The second kappa shape index (κ2) is 6.50. The van der Waals surface area contributed by atoms with E-state index in [0.717, 1.165) is 19.4 Å². The van der Waals surface area contributed by atoms with Crippen molar-refractivity contribution >= 4 is 11.3 Å². The summed E-state index contributed by atoms with van der Waals surface area (Å²) in [7, 11) is 0. The molecule has 0 aromatic carbocycles. The molecule has 0 aliphatic heterocycles. The van der Waals surface area contributed by atoms with Crippen LogP contribution in [0, 0.1) is 11.8 Å². The van der Waals surface area contributed by atoms with E-state index in [-0.39, 0.29) is 5.54 Å². The van der Waals surface area contributed by atoms with Gasteiger partial charge in [0, 0.05) is 11.6 Å². The number of thiazole rings is 1. The van der Waals surface area contributed by atoms with Gasteiger partial charge in [-0.05, 0) is 31.2 Å². The zero-order valence-corrected chi connectivity index (χ0v) is 12.6. The smallest absolute Gasteiger partial charge is 0.113 e. The molecule has 3 heteroatoms. The van der Waals surface area contributed by atoms with Crippen LogP contribution in [0.4, 0.5) is 0 Å². The highest BCUT2D eigenvalue weighted by Gasteiger charge is 2.35. The SMILES string of the molecule is CCNC(CC(C)C)(CC(C)C)c1nccs1. The average molecular weight is 254 g/mol. The molecule has 17 heavy (non-hydrogen) atoms. The Bertz CT molecular complexity index is 294. The van der Waals surface area contributed by atoms with Crippen LogP contribution < -0.4 is 5.32 Å². The lowest BCUT2D eigenvalue weighted by Gasteiger charge is -2.36. The first-order chi connectivity index (χ1) is 8.00. The molecule has 0 aliphatic rings. The fraction of sp³-hybridized carbons (Fsp3) is 0.786. The van der Waals surface area contributed by atoms with Gasteiger partial charge in [0.05, 0.1) is 5.54 Å². The van der Waals surface area contributed by atoms with E-state index in [2.05, 4.69) is 50.3 Å². The van der Waals surface area contributed by atoms with Gasteiger partial charge in [0.2, 0.25) is 0 Å². The molecule has 98 valence electrons. The van der Waals surface area contributed by atoms with Crippen LogP contribution >= 0.6 is 11.3 Å². The molecule has 2 nitrogen and oxygen atoms in total. The highest BCUT2D eigenvalue weighted by atomic mass is 32.1.